The average Bonchev–Trinajstić information content (AvgIpc) is 3.90. The Bertz CT molecular complexity index is 1530. The molecule has 1 aliphatic rings. The van der Waals surface area contributed by atoms with Crippen molar-refractivity contribution in [2.75, 3.05) is 47.9 Å². The summed E-state index contributed by atoms with van der Waals surface area (Å²) in [5.41, 5.74) is 6.92. The third kappa shape index (κ3) is 12.9. The third-order valence-electron chi connectivity index (χ3n) is 12.1. The number of likely N-dealkylation sites (tertiary alicyclic amines) is 1. The second kappa shape index (κ2) is 23.4. The van der Waals surface area contributed by atoms with E-state index in [1.165, 1.54) is 11.3 Å². The molecule has 1 unspecified atom stereocenters. The summed E-state index contributed by atoms with van der Waals surface area (Å²) in [7, 11) is 6.89. The van der Waals surface area contributed by atoms with Gasteiger partial charge in [-0.15, -0.1) is 11.3 Å². The summed E-state index contributed by atoms with van der Waals surface area (Å²) < 4.78 is 12.1. The van der Waals surface area contributed by atoms with Crippen molar-refractivity contribution in [1.29, 1.82) is 0 Å². The number of ether oxygens (including phenoxy) is 2. The first-order chi connectivity index (χ1) is 27.1. The third-order valence-corrected chi connectivity index (χ3v) is 13.0. The lowest BCUT2D eigenvalue weighted by Gasteiger charge is -2.41. The molecule has 3 amide bonds. The molecule has 3 N–H and O–H groups in total. The number of methoxy groups -OCH3 is 2. The number of nitrogens with two attached hydrogens (primary N) is 1. The minimum absolute atomic E-state index is 0.00537. The van der Waals surface area contributed by atoms with E-state index in [1.807, 2.05) is 87.2 Å². The number of ketones is 1. The Morgan fingerprint density at radius 3 is 2.23 bits per heavy atom. The van der Waals surface area contributed by atoms with Crippen molar-refractivity contribution >= 4 is 34.8 Å². The number of benzene rings is 1. The number of hydrogen-bond acceptors (Lipinski definition) is 10. The molecule has 1 aromatic heterocycles. The van der Waals surface area contributed by atoms with Crippen LogP contribution in [0.2, 0.25) is 0 Å². The fourth-order valence-corrected chi connectivity index (χ4v) is 9.43. The highest BCUT2D eigenvalue weighted by Crippen LogP contribution is 2.32. The lowest BCUT2D eigenvalue weighted by Crippen LogP contribution is -2.54. The molecule has 57 heavy (non-hydrogen) atoms. The van der Waals surface area contributed by atoms with Crippen LogP contribution in [0.15, 0.2) is 41.9 Å². The minimum atomic E-state index is -0.593. The Hall–Kier alpha value is -3.23. The maximum Gasteiger partial charge on any atom is 0.226 e. The van der Waals surface area contributed by atoms with Crippen molar-refractivity contribution in [2.24, 2.45) is 35.3 Å². The first-order valence-electron chi connectivity index (χ1n) is 20.9. The Morgan fingerprint density at radius 1 is 1.00 bits per heavy atom. The average molecular weight is 813 g/mol. The van der Waals surface area contributed by atoms with Gasteiger partial charge in [0.15, 0.2) is 5.78 Å². The van der Waals surface area contributed by atoms with Crippen LogP contribution < -0.4 is 11.1 Å². The highest BCUT2D eigenvalue weighted by Gasteiger charge is 2.43. The summed E-state index contributed by atoms with van der Waals surface area (Å²) in [6.45, 7) is 15.6. The number of hydrogen-bond donors (Lipinski definition) is 2. The van der Waals surface area contributed by atoms with Crippen LogP contribution in [0.1, 0.15) is 97.2 Å². The number of nitrogens with zero attached hydrogens (tertiary/aromatic N) is 4. The van der Waals surface area contributed by atoms with Gasteiger partial charge in [0.25, 0.3) is 0 Å². The minimum Gasteiger partial charge on any atom is -0.379 e. The van der Waals surface area contributed by atoms with Gasteiger partial charge in [-0.25, -0.2) is 4.98 Å². The normalized spacial score (nSPS) is 18.9. The van der Waals surface area contributed by atoms with Crippen LogP contribution in [0.25, 0.3) is 0 Å². The van der Waals surface area contributed by atoms with Crippen LogP contribution in [0, 0.1) is 29.6 Å². The van der Waals surface area contributed by atoms with Crippen LogP contribution in [0.3, 0.4) is 0 Å². The van der Waals surface area contributed by atoms with E-state index in [-0.39, 0.29) is 72.2 Å². The van der Waals surface area contributed by atoms with Crippen molar-refractivity contribution in [2.45, 2.75) is 123 Å². The molecule has 13 heteroatoms. The summed E-state index contributed by atoms with van der Waals surface area (Å²) in [6.07, 6.45) is 3.65. The van der Waals surface area contributed by atoms with Gasteiger partial charge in [0.1, 0.15) is 5.01 Å². The maximum atomic E-state index is 14.4. The molecule has 1 aromatic carbocycles. The van der Waals surface area contributed by atoms with Crippen molar-refractivity contribution in [3.63, 3.8) is 0 Å². The SMILES string of the molecule is CC[C@H](C)[C@@H]([C@@H](CC(=O)N1CCC[C@H]1[C@H](OC)[C@@H](C)C(=O)NC(Cc1ccccc1)c1nccs1)OC)N(C)C(=O)[C@@H](CC(=O)[C@H](C(C)C)N(C)CCN)C(C)C. The number of thiazole rings is 1. The summed E-state index contributed by atoms with van der Waals surface area (Å²) in [5.74, 6) is -1.44. The summed E-state index contributed by atoms with van der Waals surface area (Å²) >= 11 is 1.51. The predicted molar refractivity (Wildman–Crippen MR) is 228 cm³/mol. The van der Waals surface area contributed by atoms with E-state index in [9.17, 15) is 19.2 Å². The number of nitrogens with one attached hydrogen (secondary N) is 1. The number of amides is 3. The number of Topliss-reactive ketones (excluding diaryl/α,β-unsaturated/α-hetero) is 1. The van der Waals surface area contributed by atoms with Crippen LogP contribution in [-0.4, -0.2) is 121 Å². The molecule has 1 saturated heterocycles. The lowest BCUT2D eigenvalue weighted by molar-refractivity contribution is -0.149. The number of carbonyl (C=O) groups excluding carboxylic acids is 4. The van der Waals surface area contributed by atoms with Crippen molar-refractivity contribution in [3.8, 4) is 0 Å². The molecule has 1 aliphatic heterocycles. The molecule has 12 nitrogen and oxygen atoms in total. The highest BCUT2D eigenvalue weighted by atomic mass is 32.1. The van der Waals surface area contributed by atoms with Gasteiger partial charge in [0, 0.05) is 64.8 Å². The van der Waals surface area contributed by atoms with Gasteiger partial charge in [-0.1, -0.05) is 85.2 Å². The molecule has 0 saturated carbocycles. The van der Waals surface area contributed by atoms with Gasteiger partial charge in [-0.3, -0.25) is 24.1 Å². The van der Waals surface area contributed by atoms with Gasteiger partial charge in [-0.2, -0.15) is 0 Å². The molecular formula is C44H72N6O6S. The van der Waals surface area contributed by atoms with Gasteiger partial charge >= 0.3 is 0 Å². The molecule has 2 aromatic rings. The molecule has 0 radical (unpaired) electrons. The second-order valence-corrected chi connectivity index (χ2v) is 17.6. The largest absolute Gasteiger partial charge is 0.379 e. The Balaban J connectivity index is 1.79. The van der Waals surface area contributed by atoms with E-state index in [4.69, 9.17) is 15.2 Å². The Morgan fingerprint density at radius 2 is 1.68 bits per heavy atom. The predicted octanol–water partition coefficient (Wildman–Crippen LogP) is 5.61. The number of aromatic nitrogens is 1. The molecule has 9 atom stereocenters. The molecule has 2 heterocycles. The fraction of sp³-hybridized carbons (Fsp3) is 0.705. The van der Waals surface area contributed by atoms with Crippen LogP contribution in [0.4, 0.5) is 0 Å². The topological polar surface area (TPSA) is 147 Å². The lowest BCUT2D eigenvalue weighted by atomic mass is 9.83. The number of rotatable bonds is 24. The zero-order chi connectivity index (χ0) is 42.4. The Labute approximate surface area is 346 Å². The summed E-state index contributed by atoms with van der Waals surface area (Å²) in [6, 6.07) is 8.66. The standard InChI is InChI=1S/C44H72N6O6S/c1-12-30(6)40(49(9)44(54)33(28(2)3)26-36(51)39(29(4)5)48(8)23-20-45)37(55-10)27-38(52)50-22-16-19-35(50)41(56-11)31(7)42(53)47-34(43-46-21-24-57-43)25-32-17-14-13-15-18-32/h13-15,17-18,21,24,28-31,33-35,37,39-41H,12,16,19-20,22-23,25-27,45H2,1-11H3,(H,47,53)/t30-,31+,33-,34?,35-,37+,39-,40-,41+/m0/s1. The first-order valence-corrected chi connectivity index (χ1v) is 21.8. The smallest absolute Gasteiger partial charge is 0.226 e. The second-order valence-electron chi connectivity index (χ2n) is 16.7. The summed E-state index contributed by atoms with van der Waals surface area (Å²) in [5, 5.41) is 5.98. The van der Waals surface area contributed by atoms with Crippen molar-refractivity contribution in [1.82, 2.24) is 25.0 Å². The van der Waals surface area contributed by atoms with E-state index < -0.39 is 30.1 Å². The molecule has 0 spiro atoms. The molecule has 0 aliphatic carbocycles. The van der Waals surface area contributed by atoms with Gasteiger partial charge < -0.3 is 30.3 Å². The van der Waals surface area contributed by atoms with Gasteiger partial charge in [0.05, 0.1) is 48.7 Å². The van der Waals surface area contributed by atoms with Gasteiger partial charge in [0.2, 0.25) is 17.7 Å². The van der Waals surface area contributed by atoms with Crippen LogP contribution >= 0.6 is 11.3 Å². The molecular weight excluding hydrogens is 741 g/mol. The van der Waals surface area contributed by atoms with Crippen molar-refractivity contribution in [3.05, 3.63) is 52.5 Å². The maximum absolute atomic E-state index is 14.4. The van der Waals surface area contributed by atoms with E-state index in [0.717, 1.165) is 23.4 Å². The quantitative estimate of drug-likeness (QED) is 0.138. The zero-order valence-electron chi connectivity index (χ0n) is 36.5. The molecule has 0 bridgehead atoms. The zero-order valence-corrected chi connectivity index (χ0v) is 37.3. The van der Waals surface area contributed by atoms with Crippen molar-refractivity contribution < 1.29 is 28.7 Å². The van der Waals surface area contributed by atoms with Crippen LogP contribution in [0.5, 0.6) is 0 Å². The monoisotopic (exact) mass is 813 g/mol. The first kappa shape index (κ1) is 48.1. The van der Waals surface area contributed by atoms with Crippen LogP contribution in [-0.2, 0) is 35.1 Å². The molecule has 320 valence electrons. The van der Waals surface area contributed by atoms with Gasteiger partial charge in [-0.05, 0) is 49.6 Å². The van der Waals surface area contributed by atoms with E-state index >= 15 is 0 Å². The van der Waals surface area contributed by atoms with E-state index in [2.05, 4.69) is 24.1 Å². The van der Waals surface area contributed by atoms with E-state index in [0.29, 0.717) is 32.5 Å². The van der Waals surface area contributed by atoms with E-state index in [1.54, 1.807) is 32.4 Å². The Kier molecular flexibility index (Phi) is 19.7. The highest BCUT2D eigenvalue weighted by molar-refractivity contribution is 7.09. The number of likely N-dealkylation sites (N-methyl/N-ethyl adjacent to an activating group) is 2. The molecule has 3 rings (SSSR count). The number of carbonyl (C=O) groups is 4. The fourth-order valence-electron chi connectivity index (χ4n) is 8.74. The molecule has 1 fully saturated rings. The summed E-state index contributed by atoms with van der Waals surface area (Å²) in [4.78, 5) is 66.6.